The number of halogens is 1. The summed E-state index contributed by atoms with van der Waals surface area (Å²) in [6.45, 7) is 3.81. The van der Waals surface area contributed by atoms with Crippen molar-refractivity contribution in [3.05, 3.63) is 93.4 Å². The van der Waals surface area contributed by atoms with E-state index in [0.29, 0.717) is 24.1 Å². The Kier molecular flexibility index (Phi) is 6.72. The van der Waals surface area contributed by atoms with E-state index in [9.17, 15) is 13.2 Å². The normalized spacial score (nSPS) is 12.1. The average molecular weight is 525 g/mol. The number of para-hydroxylation sites is 1. The summed E-state index contributed by atoms with van der Waals surface area (Å²) in [7, 11) is -3.88. The lowest BCUT2D eigenvalue weighted by molar-refractivity contribution is 0.248. The number of hydrogen-bond acceptors (Lipinski definition) is 3. The Morgan fingerprint density at radius 1 is 1.03 bits per heavy atom. The lowest BCUT2D eigenvalue weighted by Gasteiger charge is -2.10. The summed E-state index contributed by atoms with van der Waals surface area (Å²) in [6.07, 6.45) is 3.61. The van der Waals surface area contributed by atoms with E-state index in [4.69, 9.17) is 0 Å². The van der Waals surface area contributed by atoms with Crippen molar-refractivity contribution in [1.29, 1.82) is 0 Å². The first-order chi connectivity index (χ1) is 15.8. The van der Waals surface area contributed by atoms with E-state index >= 15 is 0 Å². The van der Waals surface area contributed by atoms with Crippen LogP contribution in [0.3, 0.4) is 0 Å². The quantitative estimate of drug-likeness (QED) is 0.306. The number of carbonyl (C=O) groups excluding carboxylic acids is 1. The predicted octanol–water partition coefficient (Wildman–Crippen LogP) is 6.66. The molecule has 0 unspecified atom stereocenters. The second-order valence-corrected chi connectivity index (χ2v) is 10.3. The van der Waals surface area contributed by atoms with E-state index in [0.717, 1.165) is 43.6 Å². The predicted molar refractivity (Wildman–Crippen MR) is 138 cm³/mol. The van der Waals surface area contributed by atoms with Gasteiger partial charge in [0.1, 0.15) is 0 Å². The molecule has 1 heterocycles. The number of fused-ring (bicyclic) bond motifs is 2. The van der Waals surface area contributed by atoms with Crippen LogP contribution in [0.2, 0.25) is 0 Å². The Labute approximate surface area is 202 Å². The molecular weight excluding hydrogens is 500 g/mol. The summed E-state index contributed by atoms with van der Waals surface area (Å²) in [4.78, 5) is 13.1. The minimum atomic E-state index is -3.88. The van der Waals surface area contributed by atoms with E-state index in [1.54, 1.807) is 6.08 Å². The number of amides is 1. The maximum atomic E-state index is 13.1. The van der Waals surface area contributed by atoms with E-state index in [1.165, 1.54) is 4.57 Å². The number of sulfonamides is 1. The molecule has 7 heteroatoms. The zero-order valence-electron chi connectivity index (χ0n) is 18.5. The molecule has 0 spiro atoms. The topological polar surface area (TPSA) is 68.2 Å². The standard InChI is InChI=1S/C26H25BrN2O3S/c1-3-4-9-16-33(31,32)28-26(30)29-18(2)23(22-12-7-8-13-24(22)29)17-20-15-14-19-10-5-6-11-21(19)25(20)27/h5-16H,3-4,17H2,1-2H3,(H,28,30). The Morgan fingerprint density at radius 2 is 1.73 bits per heavy atom. The summed E-state index contributed by atoms with van der Waals surface area (Å²) in [6, 6.07) is 19.2. The first-order valence-electron chi connectivity index (χ1n) is 10.8. The maximum absolute atomic E-state index is 13.1. The summed E-state index contributed by atoms with van der Waals surface area (Å²) in [5.74, 6) is 0. The smallest absolute Gasteiger partial charge is 0.265 e. The fraction of sp³-hybridized carbons (Fsp3) is 0.192. The van der Waals surface area contributed by atoms with Gasteiger partial charge in [0.25, 0.3) is 10.0 Å². The van der Waals surface area contributed by atoms with Crippen LogP contribution in [0.4, 0.5) is 4.79 Å². The van der Waals surface area contributed by atoms with Gasteiger partial charge in [0.2, 0.25) is 0 Å². The Bertz CT molecular complexity index is 1490. The number of carbonyl (C=O) groups is 1. The Balaban J connectivity index is 1.75. The van der Waals surface area contributed by atoms with Gasteiger partial charge in [0.05, 0.1) is 5.52 Å². The van der Waals surface area contributed by atoms with Gasteiger partial charge < -0.3 is 0 Å². The van der Waals surface area contributed by atoms with Gasteiger partial charge >= 0.3 is 6.03 Å². The van der Waals surface area contributed by atoms with Crippen LogP contribution >= 0.6 is 15.9 Å². The zero-order valence-corrected chi connectivity index (χ0v) is 20.9. The summed E-state index contributed by atoms with van der Waals surface area (Å²) >= 11 is 3.76. The molecule has 33 heavy (non-hydrogen) atoms. The van der Waals surface area contributed by atoms with Gasteiger partial charge in [-0.3, -0.25) is 4.57 Å². The van der Waals surface area contributed by atoms with Crippen molar-refractivity contribution in [2.75, 3.05) is 0 Å². The highest BCUT2D eigenvalue weighted by Crippen LogP contribution is 2.33. The van der Waals surface area contributed by atoms with E-state index in [-0.39, 0.29) is 0 Å². The number of nitrogens with zero attached hydrogens (tertiary/aromatic N) is 1. The van der Waals surface area contributed by atoms with E-state index in [1.807, 2.05) is 50.2 Å². The molecule has 0 fully saturated rings. The molecule has 0 aliphatic carbocycles. The first-order valence-corrected chi connectivity index (χ1v) is 13.1. The van der Waals surface area contributed by atoms with Gasteiger partial charge in [-0.1, -0.05) is 74.0 Å². The van der Waals surface area contributed by atoms with Crippen molar-refractivity contribution in [2.24, 2.45) is 0 Å². The molecule has 4 aromatic rings. The van der Waals surface area contributed by atoms with E-state index in [2.05, 4.69) is 44.9 Å². The molecule has 170 valence electrons. The van der Waals surface area contributed by atoms with Gasteiger partial charge in [0.15, 0.2) is 0 Å². The molecule has 1 aromatic heterocycles. The van der Waals surface area contributed by atoms with Crippen LogP contribution < -0.4 is 4.72 Å². The van der Waals surface area contributed by atoms with Crippen molar-refractivity contribution in [1.82, 2.24) is 9.29 Å². The Morgan fingerprint density at radius 3 is 2.48 bits per heavy atom. The SMILES string of the molecule is CCCC=CS(=O)(=O)NC(=O)n1c(C)c(Cc2ccc3ccccc3c2Br)c2ccccc21. The Hall–Kier alpha value is -2.90. The molecular formula is C26H25BrN2O3S. The summed E-state index contributed by atoms with van der Waals surface area (Å²) in [5, 5.41) is 4.25. The number of hydrogen-bond donors (Lipinski definition) is 1. The number of unbranched alkanes of at least 4 members (excludes halogenated alkanes) is 1. The number of aromatic nitrogens is 1. The van der Waals surface area contributed by atoms with Gasteiger partial charge in [-0.05, 0) is 57.2 Å². The molecule has 0 aliphatic rings. The van der Waals surface area contributed by atoms with Crippen LogP contribution in [0.25, 0.3) is 21.7 Å². The summed E-state index contributed by atoms with van der Waals surface area (Å²) < 4.78 is 29.4. The molecule has 0 aliphatic heterocycles. The van der Waals surface area contributed by atoms with Crippen molar-refractivity contribution in [3.63, 3.8) is 0 Å². The van der Waals surface area contributed by atoms with Crippen molar-refractivity contribution >= 4 is 53.7 Å². The lowest BCUT2D eigenvalue weighted by Crippen LogP contribution is -2.33. The highest BCUT2D eigenvalue weighted by atomic mass is 79.9. The first kappa shape index (κ1) is 23.3. The van der Waals surface area contributed by atoms with Gasteiger partial charge in [0, 0.05) is 27.4 Å². The third-order valence-electron chi connectivity index (χ3n) is 5.72. The second-order valence-electron chi connectivity index (χ2n) is 7.97. The van der Waals surface area contributed by atoms with Crippen LogP contribution in [-0.4, -0.2) is 19.0 Å². The number of allylic oxidation sites excluding steroid dienone is 1. The van der Waals surface area contributed by atoms with Crippen LogP contribution in [-0.2, 0) is 16.4 Å². The number of nitrogens with one attached hydrogen (secondary N) is 1. The minimum absolute atomic E-state index is 0.598. The van der Waals surface area contributed by atoms with E-state index < -0.39 is 16.1 Å². The largest absolute Gasteiger partial charge is 0.340 e. The van der Waals surface area contributed by atoms with Crippen molar-refractivity contribution in [2.45, 2.75) is 33.1 Å². The van der Waals surface area contributed by atoms with Gasteiger partial charge in [-0.25, -0.2) is 17.9 Å². The minimum Gasteiger partial charge on any atom is -0.265 e. The maximum Gasteiger partial charge on any atom is 0.340 e. The second kappa shape index (κ2) is 9.53. The van der Waals surface area contributed by atoms with Crippen LogP contribution in [0.15, 0.2) is 76.6 Å². The van der Waals surface area contributed by atoms with Crippen molar-refractivity contribution < 1.29 is 13.2 Å². The molecule has 0 radical (unpaired) electrons. The van der Waals surface area contributed by atoms with Crippen LogP contribution in [0.1, 0.15) is 36.6 Å². The zero-order chi connectivity index (χ0) is 23.6. The molecule has 1 amide bonds. The molecule has 4 rings (SSSR count). The number of benzene rings is 3. The lowest BCUT2D eigenvalue weighted by atomic mass is 9.99. The van der Waals surface area contributed by atoms with Gasteiger partial charge in [-0.2, -0.15) is 0 Å². The molecule has 5 nitrogen and oxygen atoms in total. The summed E-state index contributed by atoms with van der Waals surface area (Å²) in [5.41, 5.74) is 3.46. The molecule has 0 saturated heterocycles. The molecule has 0 bridgehead atoms. The van der Waals surface area contributed by atoms with Crippen molar-refractivity contribution in [3.8, 4) is 0 Å². The third-order valence-corrected chi connectivity index (χ3v) is 7.66. The molecule has 0 atom stereocenters. The number of rotatable bonds is 6. The van der Waals surface area contributed by atoms with Crippen LogP contribution in [0.5, 0.6) is 0 Å². The third kappa shape index (κ3) is 4.75. The highest BCUT2D eigenvalue weighted by Gasteiger charge is 2.22. The molecule has 3 aromatic carbocycles. The monoisotopic (exact) mass is 524 g/mol. The average Bonchev–Trinajstić information content (AvgIpc) is 3.07. The fourth-order valence-electron chi connectivity index (χ4n) is 4.09. The highest BCUT2D eigenvalue weighted by molar-refractivity contribution is 9.10. The molecule has 0 saturated carbocycles. The molecule has 1 N–H and O–H groups in total. The van der Waals surface area contributed by atoms with Gasteiger partial charge in [-0.15, -0.1) is 0 Å². The fourth-order valence-corrected chi connectivity index (χ4v) is 5.51. The van der Waals surface area contributed by atoms with Crippen LogP contribution in [0, 0.1) is 6.92 Å².